The molecule has 8 heteroatoms. The van der Waals surface area contributed by atoms with Crippen molar-refractivity contribution >= 4 is 56.5 Å². The molecule has 0 bridgehead atoms. The predicted molar refractivity (Wildman–Crippen MR) is 134 cm³/mol. The van der Waals surface area contributed by atoms with E-state index in [0.717, 1.165) is 27.4 Å². The van der Waals surface area contributed by atoms with Crippen molar-refractivity contribution in [2.75, 3.05) is 7.11 Å². The van der Waals surface area contributed by atoms with Crippen molar-refractivity contribution in [2.45, 2.75) is 13.2 Å². The van der Waals surface area contributed by atoms with Crippen molar-refractivity contribution in [2.24, 2.45) is 0 Å². The molecule has 1 heterocycles. The minimum Gasteiger partial charge on any atom is -0.493 e. The lowest BCUT2D eigenvalue weighted by atomic mass is 10.1. The minimum atomic E-state index is -0.346. The van der Waals surface area contributed by atoms with Gasteiger partial charge in [-0.25, -0.2) is 0 Å². The van der Waals surface area contributed by atoms with E-state index in [1.807, 2.05) is 36.4 Å². The number of benzene rings is 3. The number of carbonyl (C=O) groups is 2. The summed E-state index contributed by atoms with van der Waals surface area (Å²) < 4.78 is 12.5. The van der Waals surface area contributed by atoms with Gasteiger partial charge in [0.1, 0.15) is 6.61 Å². The molecular weight excluding hydrogens is 526 g/mol. The molecular formula is C25H19BrClNO4S. The van der Waals surface area contributed by atoms with Crippen LogP contribution in [0.25, 0.3) is 6.08 Å². The number of methoxy groups -OCH3 is 1. The molecule has 0 N–H and O–H groups in total. The SMILES string of the molecule is COc1cccc(/C=C2\SC(=O)N(Cc3ccc(Cl)cc3)C2=O)c1OCc1ccc(Br)cc1. The van der Waals surface area contributed by atoms with Gasteiger partial charge in [0.15, 0.2) is 11.5 Å². The number of hydrogen-bond acceptors (Lipinski definition) is 5. The van der Waals surface area contributed by atoms with Gasteiger partial charge in [-0.15, -0.1) is 0 Å². The largest absolute Gasteiger partial charge is 0.493 e. The molecule has 0 aromatic heterocycles. The zero-order valence-electron chi connectivity index (χ0n) is 17.6. The lowest BCUT2D eigenvalue weighted by Crippen LogP contribution is -2.27. The Morgan fingerprint density at radius 1 is 1.00 bits per heavy atom. The first-order valence-electron chi connectivity index (χ1n) is 9.98. The van der Waals surface area contributed by atoms with E-state index in [9.17, 15) is 9.59 Å². The zero-order chi connectivity index (χ0) is 23.4. The fraction of sp³-hybridized carbons (Fsp3) is 0.120. The molecule has 168 valence electrons. The summed E-state index contributed by atoms with van der Waals surface area (Å²) in [5, 5.41) is 0.280. The Hall–Kier alpha value is -2.74. The maximum atomic E-state index is 13.0. The monoisotopic (exact) mass is 543 g/mol. The smallest absolute Gasteiger partial charge is 0.293 e. The highest BCUT2D eigenvalue weighted by molar-refractivity contribution is 9.10. The molecule has 3 aromatic carbocycles. The Kier molecular flexibility index (Phi) is 7.42. The quantitative estimate of drug-likeness (QED) is 0.302. The maximum Gasteiger partial charge on any atom is 0.293 e. The summed E-state index contributed by atoms with van der Waals surface area (Å²) in [7, 11) is 1.56. The molecule has 0 saturated carbocycles. The number of imide groups is 1. The molecule has 0 atom stereocenters. The molecule has 1 saturated heterocycles. The number of carbonyl (C=O) groups excluding carboxylic acids is 2. The minimum absolute atomic E-state index is 0.185. The van der Waals surface area contributed by atoms with Gasteiger partial charge in [-0.05, 0) is 59.3 Å². The van der Waals surface area contributed by atoms with Gasteiger partial charge >= 0.3 is 0 Å². The van der Waals surface area contributed by atoms with E-state index in [1.54, 1.807) is 43.5 Å². The summed E-state index contributed by atoms with van der Waals surface area (Å²) in [4.78, 5) is 27.1. The van der Waals surface area contributed by atoms with Crippen molar-refractivity contribution < 1.29 is 19.1 Å². The molecule has 3 aromatic rings. The van der Waals surface area contributed by atoms with E-state index in [0.29, 0.717) is 33.6 Å². The number of thioether (sulfide) groups is 1. The van der Waals surface area contributed by atoms with Crippen LogP contribution >= 0.6 is 39.3 Å². The van der Waals surface area contributed by atoms with E-state index in [4.69, 9.17) is 21.1 Å². The highest BCUT2D eigenvalue weighted by atomic mass is 79.9. The maximum absolute atomic E-state index is 13.0. The second kappa shape index (κ2) is 10.5. The molecule has 1 fully saturated rings. The molecule has 1 aliphatic heterocycles. The summed E-state index contributed by atoms with van der Waals surface area (Å²) in [6, 6.07) is 20.3. The van der Waals surface area contributed by atoms with Crippen molar-refractivity contribution in [3.8, 4) is 11.5 Å². The number of para-hydroxylation sites is 1. The van der Waals surface area contributed by atoms with Crippen molar-refractivity contribution in [3.05, 3.63) is 97.8 Å². The normalized spacial score (nSPS) is 14.8. The molecule has 0 radical (unpaired) electrons. The molecule has 0 unspecified atom stereocenters. The number of nitrogens with zero attached hydrogens (tertiary/aromatic N) is 1. The molecule has 4 rings (SSSR count). The van der Waals surface area contributed by atoms with E-state index in [1.165, 1.54) is 4.90 Å². The standard InChI is InChI=1S/C25H19BrClNO4S/c1-31-21-4-2-3-18(23(21)32-15-17-5-9-19(26)10-6-17)13-22-24(29)28(25(30)33-22)14-16-7-11-20(27)12-8-16/h2-13H,14-15H2,1H3/b22-13-. The van der Waals surface area contributed by atoms with Crippen LogP contribution in [0.5, 0.6) is 11.5 Å². The fourth-order valence-electron chi connectivity index (χ4n) is 3.25. The third kappa shape index (κ3) is 5.61. The van der Waals surface area contributed by atoms with E-state index in [2.05, 4.69) is 15.9 Å². The Morgan fingerprint density at radius 3 is 2.39 bits per heavy atom. The summed E-state index contributed by atoms with van der Waals surface area (Å²) in [6.07, 6.45) is 1.67. The Bertz CT molecular complexity index is 1210. The lowest BCUT2D eigenvalue weighted by molar-refractivity contribution is -0.123. The highest BCUT2D eigenvalue weighted by Gasteiger charge is 2.35. The summed E-state index contributed by atoms with van der Waals surface area (Å²) >= 11 is 10.3. The number of halogens is 2. The third-order valence-electron chi connectivity index (χ3n) is 4.94. The lowest BCUT2D eigenvalue weighted by Gasteiger charge is -2.14. The van der Waals surface area contributed by atoms with Crippen LogP contribution in [0.15, 0.2) is 76.1 Å². The first-order chi connectivity index (χ1) is 15.9. The van der Waals surface area contributed by atoms with Crippen LogP contribution in [-0.2, 0) is 17.9 Å². The molecule has 0 aliphatic carbocycles. The first-order valence-corrected chi connectivity index (χ1v) is 12.0. The topological polar surface area (TPSA) is 55.8 Å². The zero-order valence-corrected chi connectivity index (χ0v) is 20.7. The van der Waals surface area contributed by atoms with Gasteiger partial charge in [0.05, 0.1) is 18.6 Å². The molecule has 5 nitrogen and oxygen atoms in total. The predicted octanol–water partition coefficient (Wildman–Crippen LogP) is 6.93. The van der Waals surface area contributed by atoms with Crippen LogP contribution in [0.1, 0.15) is 16.7 Å². The number of rotatable bonds is 7. The van der Waals surface area contributed by atoms with Crippen LogP contribution in [0, 0.1) is 0 Å². The second-order valence-corrected chi connectivity index (χ2v) is 9.53. The molecule has 0 spiro atoms. The number of ether oxygens (including phenoxy) is 2. The summed E-state index contributed by atoms with van der Waals surface area (Å²) in [6.45, 7) is 0.511. The van der Waals surface area contributed by atoms with Crippen LogP contribution in [0.3, 0.4) is 0 Å². The van der Waals surface area contributed by atoms with Gasteiger partial charge in [-0.3, -0.25) is 14.5 Å². The van der Waals surface area contributed by atoms with Gasteiger partial charge < -0.3 is 9.47 Å². The van der Waals surface area contributed by atoms with Crippen molar-refractivity contribution in [1.29, 1.82) is 0 Å². The van der Waals surface area contributed by atoms with Gasteiger partial charge in [-0.2, -0.15) is 0 Å². The van der Waals surface area contributed by atoms with Crippen LogP contribution in [-0.4, -0.2) is 23.2 Å². The van der Waals surface area contributed by atoms with Gasteiger partial charge in [0.2, 0.25) is 0 Å². The van der Waals surface area contributed by atoms with Crippen molar-refractivity contribution in [3.63, 3.8) is 0 Å². The third-order valence-corrected chi connectivity index (χ3v) is 6.63. The average Bonchev–Trinajstić information content (AvgIpc) is 3.07. The average molecular weight is 545 g/mol. The highest BCUT2D eigenvalue weighted by Crippen LogP contribution is 2.38. The fourth-order valence-corrected chi connectivity index (χ4v) is 4.47. The second-order valence-electron chi connectivity index (χ2n) is 7.19. The van der Waals surface area contributed by atoms with Gasteiger partial charge in [-0.1, -0.05) is 63.9 Å². The van der Waals surface area contributed by atoms with E-state index < -0.39 is 0 Å². The summed E-state index contributed by atoms with van der Waals surface area (Å²) in [5.41, 5.74) is 2.46. The summed E-state index contributed by atoms with van der Waals surface area (Å²) in [5.74, 6) is 0.704. The molecule has 33 heavy (non-hydrogen) atoms. The molecule has 2 amide bonds. The van der Waals surface area contributed by atoms with E-state index in [-0.39, 0.29) is 17.7 Å². The Morgan fingerprint density at radius 2 is 1.70 bits per heavy atom. The number of amides is 2. The van der Waals surface area contributed by atoms with Crippen LogP contribution < -0.4 is 9.47 Å². The first kappa shape index (κ1) is 23.4. The molecule has 1 aliphatic rings. The van der Waals surface area contributed by atoms with Crippen molar-refractivity contribution in [1.82, 2.24) is 4.90 Å². The van der Waals surface area contributed by atoms with Crippen LogP contribution in [0.2, 0.25) is 5.02 Å². The van der Waals surface area contributed by atoms with Gasteiger partial charge in [0, 0.05) is 15.1 Å². The van der Waals surface area contributed by atoms with Crippen LogP contribution in [0.4, 0.5) is 4.79 Å². The van der Waals surface area contributed by atoms with E-state index >= 15 is 0 Å². The number of hydrogen-bond donors (Lipinski definition) is 0. The Labute approximate surface area is 209 Å². The Balaban J connectivity index is 1.57. The van der Waals surface area contributed by atoms with Gasteiger partial charge in [0.25, 0.3) is 11.1 Å².